The van der Waals surface area contributed by atoms with Crippen molar-refractivity contribution in [1.29, 1.82) is 0 Å². The molecule has 3 rings (SSSR count). The van der Waals surface area contributed by atoms with E-state index in [1.807, 2.05) is 41.9 Å². The Morgan fingerprint density at radius 2 is 1.96 bits per heavy atom. The van der Waals surface area contributed by atoms with Gasteiger partial charge in [-0.1, -0.05) is 30.3 Å². The molecule has 0 aliphatic carbocycles. The number of hydrogen-bond acceptors (Lipinski definition) is 4. The fraction of sp³-hybridized carbons (Fsp3) is 0.222. The van der Waals surface area contributed by atoms with Crippen LogP contribution in [0.15, 0.2) is 58.5 Å². The van der Waals surface area contributed by atoms with Crippen molar-refractivity contribution in [2.24, 2.45) is 14.1 Å². The van der Waals surface area contributed by atoms with Gasteiger partial charge in [-0.05, 0) is 5.56 Å². The predicted molar refractivity (Wildman–Crippen MR) is 95.6 cm³/mol. The Hall–Kier alpha value is -3.42. The number of amides is 1. The smallest absolute Gasteiger partial charge is 0.328 e. The van der Waals surface area contributed by atoms with Crippen LogP contribution in [0.2, 0.25) is 0 Å². The van der Waals surface area contributed by atoms with Crippen LogP contribution in [0.4, 0.5) is 0 Å². The normalized spacial score (nSPS) is 11.9. The van der Waals surface area contributed by atoms with Crippen LogP contribution in [0, 0.1) is 0 Å². The molecule has 1 aromatic carbocycles. The molecule has 134 valence electrons. The Kier molecular flexibility index (Phi) is 4.83. The lowest BCUT2D eigenvalue weighted by Crippen LogP contribution is -2.37. The van der Waals surface area contributed by atoms with E-state index in [9.17, 15) is 14.4 Å². The molecule has 0 radical (unpaired) electrons. The van der Waals surface area contributed by atoms with Gasteiger partial charge in [0.1, 0.15) is 11.9 Å². The van der Waals surface area contributed by atoms with Crippen LogP contribution in [0.1, 0.15) is 23.0 Å². The SMILES string of the molecule is Cn1ccnc1[C@@H](NC(=O)Cc1c[nH]c(=O)n(C)c1=O)c1ccccc1. The van der Waals surface area contributed by atoms with Crippen LogP contribution >= 0.6 is 0 Å². The third-order valence-corrected chi connectivity index (χ3v) is 4.16. The lowest BCUT2D eigenvalue weighted by Gasteiger charge is -2.19. The molecule has 8 heteroatoms. The second-order valence-corrected chi connectivity index (χ2v) is 5.97. The molecule has 0 aliphatic rings. The Morgan fingerprint density at radius 1 is 1.23 bits per heavy atom. The Morgan fingerprint density at radius 3 is 2.62 bits per heavy atom. The number of imidazole rings is 1. The average Bonchev–Trinajstić information content (AvgIpc) is 3.07. The topological polar surface area (TPSA) is 102 Å². The van der Waals surface area contributed by atoms with Gasteiger partial charge in [0.15, 0.2) is 0 Å². The largest absolute Gasteiger partial charge is 0.342 e. The highest BCUT2D eigenvalue weighted by Crippen LogP contribution is 2.20. The first-order valence-corrected chi connectivity index (χ1v) is 8.06. The lowest BCUT2D eigenvalue weighted by atomic mass is 10.1. The van der Waals surface area contributed by atoms with Crippen molar-refractivity contribution in [3.05, 3.63) is 86.7 Å². The van der Waals surface area contributed by atoms with E-state index in [-0.39, 0.29) is 17.9 Å². The minimum Gasteiger partial charge on any atom is -0.342 e. The molecular weight excluding hydrogens is 334 g/mol. The van der Waals surface area contributed by atoms with Crippen molar-refractivity contribution < 1.29 is 4.79 Å². The monoisotopic (exact) mass is 353 g/mol. The quantitative estimate of drug-likeness (QED) is 0.687. The molecule has 0 saturated heterocycles. The van der Waals surface area contributed by atoms with Gasteiger partial charge < -0.3 is 14.9 Å². The van der Waals surface area contributed by atoms with Gasteiger partial charge in [-0.15, -0.1) is 0 Å². The first-order valence-electron chi connectivity index (χ1n) is 8.06. The molecule has 1 atom stereocenters. The Labute approximate surface area is 149 Å². The molecule has 1 amide bonds. The maximum Gasteiger partial charge on any atom is 0.328 e. The summed E-state index contributed by atoms with van der Waals surface area (Å²) in [5.41, 5.74) is 0.0901. The molecular formula is C18H19N5O3. The summed E-state index contributed by atoms with van der Waals surface area (Å²) in [6, 6.07) is 9.02. The summed E-state index contributed by atoms with van der Waals surface area (Å²) in [6.45, 7) is 0. The molecule has 2 aromatic heterocycles. The van der Waals surface area contributed by atoms with Gasteiger partial charge in [0.25, 0.3) is 5.56 Å². The maximum absolute atomic E-state index is 12.6. The molecule has 0 fully saturated rings. The molecule has 0 saturated carbocycles. The number of carbonyl (C=O) groups excluding carboxylic acids is 1. The van der Waals surface area contributed by atoms with E-state index in [1.165, 1.54) is 13.2 Å². The van der Waals surface area contributed by atoms with Crippen LogP contribution in [0.3, 0.4) is 0 Å². The summed E-state index contributed by atoms with van der Waals surface area (Å²) in [5, 5.41) is 2.92. The zero-order valence-electron chi connectivity index (χ0n) is 14.5. The van der Waals surface area contributed by atoms with E-state index in [2.05, 4.69) is 15.3 Å². The third kappa shape index (κ3) is 3.49. The zero-order chi connectivity index (χ0) is 18.7. The Bertz CT molecular complexity index is 1030. The predicted octanol–water partition coefficient (Wildman–Crippen LogP) is 0.255. The van der Waals surface area contributed by atoms with Crippen LogP contribution in [0.25, 0.3) is 0 Å². The average molecular weight is 353 g/mol. The van der Waals surface area contributed by atoms with Crippen molar-refractivity contribution in [2.75, 3.05) is 0 Å². The van der Waals surface area contributed by atoms with Gasteiger partial charge >= 0.3 is 5.69 Å². The number of nitrogens with one attached hydrogen (secondary N) is 2. The highest BCUT2D eigenvalue weighted by molar-refractivity contribution is 5.79. The summed E-state index contributed by atoms with van der Waals surface area (Å²) < 4.78 is 2.77. The second kappa shape index (κ2) is 7.22. The number of aromatic nitrogens is 4. The van der Waals surface area contributed by atoms with E-state index in [4.69, 9.17) is 0 Å². The van der Waals surface area contributed by atoms with E-state index in [0.717, 1.165) is 10.1 Å². The van der Waals surface area contributed by atoms with Crippen LogP contribution in [0.5, 0.6) is 0 Å². The molecule has 2 N–H and O–H groups in total. The zero-order valence-corrected chi connectivity index (χ0v) is 14.5. The van der Waals surface area contributed by atoms with Crippen molar-refractivity contribution in [3.8, 4) is 0 Å². The van der Waals surface area contributed by atoms with Gasteiger partial charge in [0.05, 0.1) is 6.42 Å². The van der Waals surface area contributed by atoms with Crippen LogP contribution in [-0.4, -0.2) is 25.0 Å². The fourth-order valence-electron chi connectivity index (χ4n) is 2.72. The molecule has 3 aromatic rings. The number of aromatic amines is 1. The van der Waals surface area contributed by atoms with Gasteiger partial charge in [-0.2, -0.15) is 0 Å². The van der Waals surface area contributed by atoms with Crippen molar-refractivity contribution in [1.82, 2.24) is 24.4 Å². The third-order valence-electron chi connectivity index (χ3n) is 4.16. The number of benzene rings is 1. The van der Waals surface area contributed by atoms with Crippen LogP contribution < -0.4 is 16.6 Å². The van der Waals surface area contributed by atoms with Gasteiger partial charge in [0.2, 0.25) is 5.91 Å². The number of nitrogens with zero attached hydrogens (tertiary/aromatic N) is 3. The maximum atomic E-state index is 12.6. The summed E-state index contributed by atoms with van der Waals surface area (Å²) in [4.78, 5) is 42.9. The van der Waals surface area contributed by atoms with Crippen molar-refractivity contribution in [3.63, 3.8) is 0 Å². The minimum atomic E-state index is -0.519. The number of hydrogen-bond donors (Lipinski definition) is 2. The highest BCUT2D eigenvalue weighted by atomic mass is 16.2. The number of carbonyl (C=O) groups is 1. The van der Waals surface area contributed by atoms with Gasteiger partial charge in [0, 0.05) is 38.2 Å². The second-order valence-electron chi connectivity index (χ2n) is 5.97. The van der Waals surface area contributed by atoms with Crippen molar-refractivity contribution >= 4 is 5.91 Å². The molecule has 0 unspecified atom stereocenters. The summed E-state index contributed by atoms with van der Waals surface area (Å²) in [6.07, 6.45) is 4.60. The standard InChI is InChI=1S/C18H19N5O3/c1-22-9-8-19-16(22)15(12-6-4-3-5-7-12)21-14(24)10-13-11-20-18(26)23(2)17(13)25/h3-9,11,15H,10H2,1-2H3,(H,20,26)(H,21,24)/t15-/m0/s1. The van der Waals surface area contributed by atoms with Gasteiger partial charge in [-0.3, -0.25) is 14.2 Å². The number of aryl methyl sites for hydroxylation is 1. The first kappa shape index (κ1) is 17.4. The lowest BCUT2D eigenvalue weighted by molar-refractivity contribution is -0.121. The minimum absolute atomic E-state index is 0.142. The molecule has 0 bridgehead atoms. The summed E-state index contributed by atoms with van der Waals surface area (Å²) in [7, 11) is 3.21. The van der Waals surface area contributed by atoms with E-state index in [0.29, 0.717) is 5.82 Å². The Balaban J connectivity index is 1.87. The van der Waals surface area contributed by atoms with Crippen molar-refractivity contribution in [2.45, 2.75) is 12.5 Å². The number of H-pyrrole nitrogens is 1. The van der Waals surface area contributed by atoms with E-state index < -0.39 is 17.3 Å². The van der Waals surface area contributed by atoms with Crippen LogP contribution in [-0.2, 0) is 25.3 Å². The highest BCUT2D eigenvalue weighted by Gasteiger charge is 2.21. The van der Waals surface area contributed by atoms with E-state index >= 15 is 0 Å². The first-order chi connectivity index (χ1) is 12.5. The van der Waals surface area contributed by atoms with E-state index in [1.54, 1.807) is 12.4 Å². The fourth-order valence-corrected chi connectivity index (χ4v) is 2.72. The molecule has 8 nitrogen and oxygen atoms in total. The summed E-state index contributed by atoms with van der Waals surface area (Å²) >= 11 is 0. The molecule has 0 aliphatic heterocycles. The molecule has 26 heavy (non-hydrogen) atoms. The van der Waals surface area contributed by atoms with Gasteiger partial charge in [-0.25, -0.2) is 9.78 Å². The molecule has 0 spiro atoms. The molecule has 2 heterocycles. The number of rotatable bonds is 5. The summed E-state index contributed by atoms with van der Waals surface area (Å²) in [5.74, 6) is 0.338.